The second-order valence-electron chi connectivity index (χ2n) is 5.96. The Labute approximate surface area is 144 Å². The Morgan fingerprint density at radius 1 is 1.29 bits per heavy atom. The zero-order valence-electron chi connectivity index (χ0n) is 13.3. The summed E-state index contributed by atoms with van der Waals surface area (Å²) < 4.78 is 18.8. The molecule has 1 amide bonds. The quantitative estimate of drug-likeness (QED) is 0.815. The molecule has 1 N–H and O–H groups in total. The molecule has 24 heavy (non-hydrogen) atoms. The van der Waals surface area contributed by atoms with Crippen LogP contribution in [0.1, 0.15) is 43.5 Å². The highest BCUT2D eigenvalue weighted by atomic mass is 32.1. The number of hydrogen-bond donors (Lipinski definition) is 1. The van der Waals surface area contributed by atoms with Crippen LogP contribution >= 0.6 is 11.3 Å². The summed E-state index contributed by atoms with van der Waals surface area (Å²) in [5, 5.41) is 11.7. The van der Waals surface area contributed by atoms with Gasteiger partial charge in [0.05, 0.1) is 0 Å². The minimum Gasteiger partial charge on any atom is -0.483 e. The van der Waals surface area contributed by atoms with E-state index in [9.17, 15) is 9.18 Å². The van der Waals surface area contributed by atoms with Gasteiger partial charge in [-0.25, -0.2) is 4.39 Å². The Kier molecular flexibility index (Phi) is 5.74. The number of ether oxygens (including phenoxy) is 1. The Morgan fingerprint density at radius 3 is 2.88 bits per heavy atom. The monoisotopic (exact) mass is 349 g/mol. The number of nitrogens with zero attached hydrogens (tertiary/aromatic N) is 2. The summed E-state index contributed by atoms with van der Waals surface area (Å²) in [7, 11) is 0. The van der Waals surface area contributed by atoms with E-state index in [-0.39, 0.29) is 18.3 Å². The lowest BCUT2D eigenvalue weighted by atomic mass is 10.0. The van der Waals surface area contributed by atoms with Crippen molar-refractivity contribution in [1.29, 1.82) is 0 Å². The molecule has 0 atom stereocenters. The van der Waals surface area contributed by atoms with E-state index < -0.39 is 5.82 Å². The summed E-state index contributed by atoms with van der Waals surface area (Å²) in [6, 6.07) is 6.20. The van der Waals surface area contributed by atoms with Gasteiger partial charge in [0.2, 0.25) is 11.0 Å². The molecule has 1 aliphatic rings. The third kappa shape index (κ3) is 4.74. The van der Waals surface area contributed by atoms with Gasteiger partial charge in [0.25, 0.3) is 0 Å². The molecular formula is C17H20FN3O2S. The Bertz CT molecular complexity index is 686. The molecule has 1 saturated carbocycles. The smallest absolute Gasteiger partial charge is 0.226 e. The van der Waals surface area contributed by atoms with Crippen LogP contribution in [0.25, 0.3) is 0 Å². The SMILES string of the molecule is O=C(CCC1CCCC1)Nc1nnc(COc2ccccc2F)s1. The molecule has 1 aliphatic carbocycles. The number of benzene rings is 1. The molecule has 2 aromatic rings. The average molecular weight is 349 g/mol. The van der Waals surface area contributed by atoms with Gasteiger partial charge in [0.15, 0.2) is 16.6 Å². The molecule has 3 rings (SSSR count). The first-order valence-electron chi connectivity index (χ1n) is 8.20. The molecule has 0 radical (unpaired) electrons. The maximum absolute atomic E-state index is 13.5. The van der Waals surface area contributed by atoms with Gasteiger partial charge in [-0.15, -0.1) is 10.2 Å². The maximum Gasteiger partial charge on any atom is 0.226 e. The molecule has 0 saturated heterocycles. The van der Waals surface area contributed by atoms with E-state index in [1.54, 1.807) is 18.2 Å². The number of anilines is 1. The van der Waals surface area contributed by atoms with Crippen LogP contribution in [0.15, 0.2) is 24.3 Å². The number of aromatic nitrogens is 2. The minimum absolute atomic E-state index is 0.0281. The predicted molar refractivity (Wildman–Crippen MR) is 90.5 cm³/mol. The zero-order valence-corrected chi connectivity index (χ0v) is 14.2. The van der Waals surface area contributed by atoms with E-state index in [2.05, 4.69) is 15.5 Å². The van der Waals surface area contributed by atoms with E-state index >= 15 is 0 Å². The van der Waals surface area contributed by atoms with E-state index in [0.717, 1.165) is 6.42 Å². The van der Waals surface area contributed by atoms with Crippen LogP contribution in [-0.2, 0) is 11.4 Å². The summed E-state index contributed by atoms with van der Waals surface area (Å²) in [4.78, 5) is 11.9. The predicted octanol–water partition coefficient (Wildman–Crippen LogP) is 4.17. The normalized spacial score (nSPS) is 14.7. The van der Waals surface area contributed by atoms with E-state index in [1.165, 1.54) is 43.1 Å². The number of hydrogen-bond acceptors (Lipinski definition) is 5. The fraction of sp³-hybridized carbons (Fsp3) is 0.471. The summed E-state index contributed by atoms with van der Waals surface area (Å²) in [5.74, 6) is 0.423. The maximum atomic E-state index is 13.5. The van der Waals surface area contributed by atoms with Crippen molar-refractivity contribution in [2.24, 2.45) is 5.92 Å². The molecule has 0 unspecified atom stereocenters. The molecule has 0 bridgehead atoms. The second-order valence-corrected chi connectivity index (χ2v) is 7.02. The number of halogens is 1. The molecule has 0 spiro atoms. The fourth-order valence-electron chi connectivity index (χ4n) is 2.88. The molecule has 5 nitrogen and oxygen atoms in total. The van der Waals surface area contributed by atoms with Gasteiger partial charge in [0.1, 0.15) is 6.61 Å². The zero-order chi connectivity index (χ0) is 16.8. The number of rotatable bonds is 7. The van der Waals surface area contributed by atoms with Crippen LogP contribution in [0.4, 0.5) is 9.52 Å². The van der Waals surface area contributed by atoms with Crippen LogP contribution in [0.5, 0.6) is 5.75 Å². The summed E-state index contributed by atoms with van der Waals surface area (Å²) in [6.07, 6.45) is 6.51. The lowest BCUT2D eigenvalue weighted by molar-refractivity contribution is -0.116. The summed E-state index contributed by atoms with van der Waals surface area (Å²) in [6.45, 7) is 0.122. The van der Waals surface area contributed by atoms with Crippen molar-refractivity contribution in [3.63, 3.8) is 0 Å². The van der Waals surface area contributed by atoms with E-state index in [1.807, 2.05) is 0 Å². The van der Waals surface area contributed by atoms with Gasteiger partial charge >= 0.3 is 0 Å². The fourth-order valence-corrected chi connectivity index (χ4v) is 3.55. The van der Waals surface area contributed by atoms with Crippen LogP contribution in [0.3, 0.4) is 0 Å². The number of carbonyl (C=O) groups is 1. The Morgan fingerprint density at radius 2 is 2.08 bits per heavy atom. The molecular weight excluding hydrogens is 329 g/mol. The molecule has 7 heteroatoms. The largest absolute Gasteiger partial charge is 0.483 e. The number of carbonyl (C=O) groups excluding carboxylic acids is 1. The van der Waals surface area contributed by atoms with Crippen molar-refractivity contribution in [3.05, 3.63) is 35.1 Å². The molecule has 128 valence electrons. The van der Waals surface area contributed by atoms with Crippen molar-refractivity contribution < 1.29 is 13.9 Å². The molecule has 1 aromatic heterocycles. The molecule has 0 aliphatic heterocycles. The van der Waals surface area contributed by atoms with E-state index in [4.69, 9.17) is 4.74 Å². The number of nitrogens with one attached hydrogen (secondary N) is 1. The molecule has 1 fully saturated rings. The van der Waals surface area contributed by atoms with E-state index in [0.29, 0.717) is 22.5 Å². The second kappa shape index (κ2) is 8.19. The minimum atomic E-state index is -0.414. The van der Waals surface area contributed by atoms with Crippen molar-refractivity contribution in [3.8, 4) is 5.75 Å². The van der Waals surface area contributed by atoms with Crippen molar-refractivity contribution >= 4 is 22.4 Å². The van der Waals surface area contributed by atoms with Crippen LogP contribution in [-0.4, -0.2) is 16.1 Å². The lowest BCUT2D eigenvalue weighted by Crippen LogP contribution is -2.12. The lowest BCUT2D eigenvalue weighted by Gasteiger charge is -2.07. The van der Waals surface area contributed by atoms with Gasteiger partial charge in [-0.3, -0.25) is 4.79 Å². The average Bonchev–Trinajstić information content (AvgIpc) is 3.24. The van der Waals surface area contributed by atoms with Crippen molar-refractivity contribution in [1.82, 2.24) is 10.2 Å². The third-order valence-corrected chi connectivity index (χ3v) is 4.97. The first-order chi connectivity index (χ1) is 11.7. The third-order valence-electron chi connectivity index (χ3n) is 4.16. The summed E-state index contributed by atoms with van der Waals surface area (Å²) in [5.41, 5.74) is 0. The van der Waals surface area contributed by atoms with Crippen LogP contribution in [0, 0.1) is 11.7 Å². The highest BCUT2D eigenvalue weighted by molar-refractivity contribution is 7.15. The van der Waals surface area contributed by atoms with Crippen molar-refractivity contribution in [2.75, 3.05) is 5.32 Å². The van der Waals surface area contributed by atoms with Gasteiger partial charge < -0.3 is 10.1 Å². The summed E-state index contributed by atoms with van der Waals surface area (Å²) >= 11 is 1.24. The number of para-hydroxylation sites is 1. The Hall–Kier alpha value is -2.02. The van der Waals surface area contributed by atoms with Crippen LogP contribution in [0.2, 0.25) is 0 Å². The van der Waals surface area contributed by atoms with Gasteiger partial charge in [-0.1, -0.05) is 49.2 Å². The topological polar surface area (TPSA) is 64.1 Å². The highest BCUT2D eigenvalue weighted by Gasteiger charge is 2.17. The van der Waals surface area contributed by atoms with Gasteiger partial charge in [0, 0.05) is 6.42 Å². The highest BCUT2D eigenvalue weighted by Crippen LogP contribution is 2.28. The molecule has 1 heterocycles. The van der Waals surface area contributed by atoms with Crippen LogP contribution < -0.4 is 10.1 Å². The van der Waals surface area contributed by atoms with Gasteiger partial charge in [-0.05, 0) is 24.5 Å². The first-order valence-corrected chi connectivity index (χ1v) is 9.02. The first kappa shape index (κ1) is 16.8. The van der Waals surface area contributed by atoms with Gasteiger partial charge in [-0.2, -0.15) is 0 Å². The number of amides is 1. The molecule has 1 aromatic carbocycles. The van der Waals surface area contributed by atoms with Crippen molar-refractivity contribution in [2.45, 2.75) is 45.1 Å². The standard InChI is InChI=1S/C17H20FN3O2S/c18-13-7-3-4-8-14(13)23-11-16-20-21-17(24-16)19-15(22)10-9-12-5-1-2-6-12/h3-4,7-8,12H,1-2,5-6,9-11H2,(H,19,21,22). The Balaban J connectivity index is 1.44.